The first kappa shape index (κ1) is 16.0. The average Bonchev–Trinajstić information content (AvgIpc) is 3.06. The molecule has 1 atom stereocenters. The van der Waals surface area contributed by atoms with Crippen LogP contribution in [0.1, 0.15) is 19.8 Å². The first-order valence-corrected chi connectivity index (χ1v) is 9.45. The van der Waals surface area contributed by atoms with E-state index in [0.717, 1.165) is 43.1 Å². The molecule has 125 valence electrons. The van der Waals surface area contributed by atoms with Crippen molar-refractivity contribution in [1.29, 1.82) is 0 Å². The standard InChI is InChI=1S/C16H20N3O3S.H2/c1-23(20,21)14-6-4-12(5-7-14)15-10-17-11-16(19-15)18-9-13-3-2-8-22-13;/h4-7,10-11,13,17-18H,2-3,8-9H2,1H3;1H/t13-;/m1./s1. The van der Waals surface area contributed by atoms with Crippen LogP contribution in [0, 0.1) is 6.54 Å². The number of nitrogens with zero attached hydrogens (tertiary/aromatic N) is 1. The minimum Gasteiger partial charge on any atom is -0.377 e. The number of rotatable bonds is 5. The van der Waals surface area contributed by atoms with Gasteiger partial charge < -0.3 is 15.4 Å². The Labute approximate surface area is 138 Å². The summed E-state index contributed by atoms with van der Waals surface area (Å²) in [6.07, 6.45) is 5.42. The third-order valence-corrected chi connectivity index (χ3v) is 4.92. The number of benzene rings is 1. The number of nitrogens with one attached hydrogen (secondary N) is 2. The Morgan fingerprint density at radius 3 is 2.83 bits per heavy atom. The molecular formula is C16H22N3O3S. The van der Waals surface area contributed by atoms with Crippen LogP contribution in [-0.4, -0.2) is 39.6 Å². The van der Waals surface area contributed by atoms with Crippen molar-refractivity contribution in [1.82, 2.24) is 10.6 Å². The first-order valence-electron chi connectivity index (χ1n) is 7.56. The van der Waals surface area contributed by atoms with Crippen molar-refractivity contribution in [2.45, 2.75) is 23.8 Å². The molecule has 2 aliphatic heterocycles. The molecule has 1 saturated heterocycles. The minimum atomic E-state index is -3.18. The topological polar surface area (TPSA) is 79.8 Å². The summed E-state index contributed by atoms with van der Waals surface area (Å²) < 4.78 is 28.6. The Balaban J connectivity index is 0.00000208. The van der Waals surface area contributed by atoms with E-state index in [0.29, 0.717) is 4.90 Å². The highest BCUT2D eigenvalue weighted by Crippen LogP contribution is 2.15. The van der Waals surface area contributed by atoms with Crippen molar-refractivity contribution in [3.8, 4) is 0 Å². The third kappa shape index (κ3) is 4.11. The van der Waals surface area contributed by atoms with Gasteiger partial charge in [0.2, 0.25) is 0 Å². The van der Waals surface area contributed by atoms with E-state index in [9.17, 15) is 8.42 Å². The fourth-order valence-corrected chi connectivity index (χ4v) is 3.16. The SMILES string of the molecule is CS(=O)(=O)c1ccc(C2=NC(NC[C@H]3CCCO3)=CN[CH]2)cc1.[HH]. The molecule has 1 aromatic rings. The highest BCUT2D eigenvalue weighted by molar-refractivity contribution is 7.90. The summed E-state index contributed by atoms with van der Waals surface area (Å²) in [6, 6.07) is 6.71. The molecular weight excluding hydrogens is 314 g/mol. The van der Waals surface area contributed by atoms with E-state index in [2.05, 4.69) is 15.6 Å². The van der Waals surface area contributed by atoms with Gasteiger partial charge in [-0.1, -0.05) is 12.1 Å². The Bertz CT molecular complexity index is 723. The molecule has 6 nitrogen and oxygen atoms in total. The van der Waals surface area contributed by atoms with Crippen LogP contribution in [0.15, 0.2) is 46.2 Å². The van der Waals surface area contributed by atoms with Crippen LogP contribution in [0.3, 0.4) is 0 Å². The lowest BCUT2D eigenvalue weighted by Gasteiger charge is -2.17. The summed E-state index contributed by atoms with van der Waals surface area (Å²) >= 11 is 0. The van der Waals surface area contributed by atoms with Gasteiger partial charge in [-0.15, -0.1) is 0 Å². The molecule has 1 aromatic carbocycles. The molecule has 0 saturated carbocycles. The zero-order valence-corrected chi connectivity index (χ0v) is 13.8. The van der Waals surface area contributed by atoms with Crippen molar-refractivity contribution in [3.05, 3.63) is 48.4 Å². The van der Waals surface area contributed by atoms with Gasteiger partial charge >= 0.3 is 0 Å². The Morgan fingerprint density at radius 2 is 2.17 bits per heavy atom. The summed E-state index contributed by atoms with van der Waals surface area (Å²) in [5.74, 6) is 0.741. The molecule has 7 heteroatoms. The van der Waals surface area contributed by atoms with Crippen molar-refractivity contribution in [2.75, 3.05) is 19.4 Å². The molecule has 0 aromatic heterocycles. The maximum atomic E-state index is 11.5. The van der Waals surface area contributed by atoms with Crippen LogP contribution in [0.25, 0.3) is 0 Å². The van der Waals surface area contributed by atoms with Gasteiger partial charge in [0.05, 0.1) is 23.3 Å². The van der Waals surface area contributed by atoms with Crippen molar-refractivity contribution < 1.29 is 14.6 Å². The smallest absolute Gasteiger partial charge is 0.175 e. The van der Waals surface area contributed by atoms with E-state index in [1.165, 1.54) is 6.26 Å². The molecule has 0 spiro atoms. The van der Waals surface area contributed by atoms with Crippen molar-refractivity contribution in [2.24, 2.45) is 4.99 Å². The fraction of sp³-hybridized carbons (Fsp3) is 0.375. The van der Waals surface area contributed by atoms with Gasteiger partial charge in [-0.25, -0.2) is 13.4 Å². The quantitative estimate of drug-likeness (QED) is 0.851. The van der Waals surface area contributed by atoms with Crippen molar-refractivity contribution >= 4 is 15.5 Å². The molecule has 0 bridgehead atoms. The predicted octanol–water partition coefficient (Wildman–Crippen LogP) is 1.46. The number of aliphatic imine (C=N–C) groups is 1. The van der Waals surface area contributed by atoms with E-state index < -0.39 is 9.84 Å². The average molecular weight is 336 g/mol. The van der Waals surface area contributed by atoms with Crippen LogP contribution in [-0.2, 0) is 14.6 Å². The number of hydrogen-bond acceptors (Lipinski definition) is 6. The first-order chi connectivity index (χ1) is 11.0. The van der Waals surface area contributed by atoms with Crippen LogP contribution in [0.4, 0.5) is 0 Å². The molecule has 3 rings (SSSR count). The Hall–Kier alpha value is -1.86. The second-order valence-electron chi connectivity index (χ2n) is 5.65. The predicted molar refractivity (Wildman–Crippen MR) is 90.7 cm³/mol. The third-order valence-electron chi connectivity index (χ3n) is 3.79. The van der Waals surface area contributed by atoms with Crippen LogP contribution < -0.4 is 10.6 Å². The molecule has 2 heterocycles. The summed E-state index contributed by atoms with van der Waals surface area (Å²) in [6.45, 7) is 3.35. The number of sulfone groups is 1. The minimum absolute atomic E-state index is 0. The zero-order valence-electron chi connectivity index (χ0n) is 13.0. The second kappa shape index (κ2) is 6.72. The van der Waals surface area contributed by atoms with Gasteiger partial charge in [-0.05, 0) is 30.5 Å². The number of ether oxygens (including phenoxy) is 1. The molecule has 0 unspecified atom stereocenters. The van der Waals surface area contributed by atoms with Gasteiger partial charge in [0.1, 0.15) is 5.82 Å². The Kier molecular flexibility index (Phi) is 4.68. The maximum absolute atomic E-state index is 11.5. The molecule has 0 amide bonds. The second-order valence-corrected chi connectivity index (χ2v) is 7.67. The van der Waals surface area contributed by atoms with Crippen molar-refractivity contribution in [3.63, 3.8) is 0 Å². The highest BCUT2D eigenvalue weighted by Gasteiger charge is 2.16. The lowest BCUT2D eigenvalue weighted by atomic mass is 10.1. The lowest BCUT2D eigenvalue weighted by molar-refractivity contribution is 0.112. The van der Waals surface area contributed by atoms with Crippen LogP contribution in [0.5, 0.6) is 0 Å². The molecule has 0 aliphatic carbocycles. The monoisotopic (exact) mass is 336 g/mol. The van der Waals surface area contributed by atoms with Gasteiger partial charge in [-0.2, -0.15) is 0 Å². The Morgan fingerprint density at radius 1 is 1.39 bits per heavy atom. The van der Waals surface area contributed by atoms with E-state index in [4.69, 9.17) is 4.74 Å². The molecule has 2 aliphatic rings. The number of hydrogen-bond donors (Lipinski definition) is 2. The van der Waals surface area contributed by atoms with E-state index >= 15 is 0 Å². The molecule has 1 fully saturated rings. The van der Waals surface area contributed by atoms with Crippen LogP contribution >= 0.6 is 0 Å². The van der Waals surface area contributed by atoms with E-state index in [1.54, 1.807) is 37.0 Å². The molecule has 23 heavy (non-hydrogen) atoms. The summed E-state index contributed by atoms with van der Waals surface area (Å²) in [5.41, 5.74) is 1.61. The lowest BCUT2D eigenvalue weighted by Crippen LogP contribution is -2.29. The van der Waals surface area contributed by atoms with Crippen LogP contribution in [0.2, 0.25) is 0 Å². The fourth-order valence-electron chi connectivity index (χ4n) is 2.53. The summed E-state index contributed by atoms with van der Waals surface area (Å²) in [7, 11) is -3.18. The highest BCUT2D eigenvalue weighted by atomic mass is 32.2. The van der Waals surface area contributed by atoms with Gasteiger partial charge in [0.15, 0.2) is 9.84 Å². The molecule has 2 N–H and O–H groups in total. The van der Waals surface area contributed by atoms with E-state index in [1.807, 2.05) is 0 Å². The zero-order chi connectivity index (χ0) is 16.3. The van der Waals surface area contributed by atoms with E-state index in [-0.39, 0.29) is 7.53 Å². The summed E-state index contributed by atoms with van der Waals surface area (Å²) in [4.78, 5) is 4.85. The van der Waals surface area contributed by atoms with Gasteiger partial charge in [0, 0.05) is 27.0 Å². The summed E-state index contributed by atoms with van der Waals surface area (Å²) in [5, 5.41) is 6.33. The molecule has 1 radical (unpaired) electrons. The normalized spacial score (nSPS) is 21.3. The maximum Gasteiger partial charge on any atom is 0.175 e. The van der Waals surface area contributed by atoms with Gasteiger partial charge in [0.25, 0.3) is 0 Å². The van der Waals surface area contributed by atoms with Gasteiger partial charge in [-0.3, -0.25) is 0 Å². The largest absolute Gasteiger partial charge is 0.377 e.